The van der Waals surface area contributed by atoms with E-state index >= 15 is 0 Å². The SMILES string of the molecule is Cc1cc(C)c(NC(=O)c2ccnc(F)c2)c(Br)c1. The number of hydrogen-bond donors (Lipinski definition) is 1. The molecule has 19 heavy (non-hydrogen) atoms. The second-order valence-electron chi connectivity index (χ2n) is 4.26. The van der Waals surface area contributed by atoms with E-state index in [0.29, 0.717) is 5.69 Å². The van der Waals surface area contributed by atoms with Gasteiger partial charge in [0.05, 0.1) is 5.69 Å². The molecular weight excluding hydrogens is 311 g/mol. The summed E-state index contributed by atoms with van der Waals surface area (Å²) in [5.41, 5.74) is 2.96. The van der Waals surface area contributed by atoms with Gasteiger partial charge in [-0.1, -0.05) is 6.07 Å². The zero-order valence-corrected chi connectivity index (χ0v) is 12.1. The standard InChI is InChI=1S/C14H12BrFN2O/c1-8-5-9(2)13(11(15)6-8)18-14(19)10-3-4-17-12(16)7-10/h3-7H,1-2H3,(H,18,19). The van der Waals surface area contributed by atoms with E-state index in [4.69, 9.17) is 0 Å². The lowest BCUT2D eigenvalue weighted by Crippen LogP contribution is -2.13. The van der Waals surface area contributed by atoms with E-state index in [1.807, 2.05) is 26.0 Å². The van der Waals surface area contributed by atoms with Crippen molar-refractivity contribution in [2.75, 3.05) is 5.32 Å². The van der Waals surface area contributed by atoms with Gasteiger partial charge in [-0.15, -0.1) is 0 Å². The monoisotopic (exact) mass is 322 g/mol. The molecule has 0 spiro atoms. The number of carbonyl (C=O) groups excluding carboxylic acids is 1. The Balaban J connectivity index is 2.29. The van der Waals surface area contributed by atoms with Gasteiger partial charge in [-0.25, -0.2) is 4.98 Å². The van der Waals surface area contributed by atoms with Gasteiger partial charge in [0.1, 0.15) is 0 Å². The molecule has 0 saturated heterocycles. The smallest absolute Gasteiger partial charge is 0.255 e. The molecule has 1 amide bonds. The fraction of sp³-hybridized carbons (Fsp3) is 0.143. The number of anilines is 1. The molecule has 2 aromatic rings. The van der Waals surface area contributed by atoms with Gasteiger partial charge >= 0.3 is 0 Å². The van der Waals surface area contributed by atoms with Gasteiger partial charge in [0, 0.05) is 22.3 Å². The summed E-state index contributed by atoms with van der Waals surface area (Å²) in [5.74, 6) is -1.04. The van der Waals surface area contributed by atoms with Crippen molar-refractivity contribution in [2.24, 2.45) is 0 Å². The third-order valence-corrected chi connectivity index (χ3v) is 3.28. The second kappa shape index (κ2) is 5.48. The summed E-state index contributed by atoms with van der Waals surface area (Å²) >= 11 is 3.41. The first-order valence-electron chi connectivity index (χ1n) is 5.67. The largest absolute Gasteiger partial charge is 0.321 e. The molecule has 0 unspecified atom stereocenters. The van der Waals surface area contributed by atoms with Crippen molar-refractivity contribution < 1.29 is 9.18 Å². The zero-order chi connectivity index (χ0) is 14.0. The Labute approximate surface area is 119 Å². The van der Waals surface area contributed by atoms with E-state index in [2.05, 4.69) is 26.2 Å². The summed E-state index contributed by atoms with van der Waals surface area (Å²) < 4.78 is 13.8. The lowest BCUT2D eigenvalue weighted by atomic mass is 10.1. The summed E-state index contributed by atoms with van der Waals surface area (Å²) in [6.07, 6.45) is 1.27. The lowest BCUT2D eigenvalue weighted by Gasteiger charge is -2.11. The van der Waals surface area contributed by atoms with Gasteiger partial charge in [-0.2, -0.15) is 4.39 Å². The number of hydrogen-bond acceptors (Lipinski definition) is 2. The van der Waals surface area contributed by atoms with Gasteiger partial charge in [0.2, 0.25) is 5.95 Å². The summed E-state index contributed by atoms with van der Waals surface area (Å²) in [7, 11) is 0. The van der Waals surface area contributed by atoms with Crippen molar-refractivity contribution in [3.8, 4) is 0 Å². The highest BCUT2D eigenvalue weighted by Gasteiger charge is 2.11. The van der Waals surface area contributed by atoms with Gasteiger partial charge in [-0.05, 0) is 53.0 Å². The maximum atomic E-state index is 13.0. The van der Waals surface area contributed by atoms with Crippen LogP contribution in [0.25, 0.3) is 0 Å². The maximum Gasteiger partial charge on any atom is 0.255 e. The van der Waals surface area contributed by atoms with Crippen LogP contribution in [0.5, 0.6) is 0 Å². The zero-order valence-electron chi connectivity index (χ0n) is 10.5. The van der Waals surface area contributed by atoms with Crippen LogP contribution in [-0.4, -0.2) is 10.9 Å². The Kier molecular flexibility index (Phi) is 3.95. The topological polar surface area (TPSA) is 42.0 Å². The number of aryl methyl sites for hydroxylation is 2. The minimum Gasteiger partial charge on any atom is -0.321 e. The summed E-state index contributed by atoms with van der Waals surface area (Å²) in [5, 5.41) is 2.77. The summed E-state index contributed by atoms with van der Waals surface area (Å²) in [6.45, 7) is 3.88. The van der Waals surface area contributed by atoms with Crippen LogP contribution in [0.1, 0.15) is 21.5 Å². The van der Waals surface area contributed by atoms with Crippen LogP contribution >= 0.6 is 15.9 Å². The Hall–Kier alpha value is -1.75. The number of amides is 1. The first-order chi connectivity index (χ1) is 8.97. The third-order valence-electron chi connectivity index (χ3n) is 2.66. The molecule has 5 heteroatoms. The number of halogens is 2. The van der Waals surface area contributed by atoms with E-state index in [-0.39, 0.29) is 11.5 Å². The summed E-state index contributed by atoms with van der Waals surface area (Å²) in [4.78, 5) is 15.4. The molecule has 1 N–H and O–H groups in total. The molecule has 0 aliphatic rings. The molecule has 0 aliphatic heterocycles. The van der Waals surface area contributed by atoms with Crippen LogP contribution in [0.4, 0.5) is 10.1 Å². The number of aromatic nitrogens is 1. The van der Waals surface area contributed by atoms with Crippen LogP contribution in [0, 0.1) is 19.8 Å². The second-order valence-corrected chi connectivity index (χ2v) is 5.11. The van der Waals surface area contributed by atoms with E-state index in [1.165, 1.54) is 12.3 Å². The Morgan fingerprint density at radius 2 is 2.05 bits per heavy atom. The number of pyridine rings is 1. The molecule has 0 radical (unpaired) electrons. The minimum absolute atomic E-state index is 0.236. The first-order valence-corrected chi connectivity index (χ1v) is 6.46. The number of carbonyl (C=O) groups is 1. The highest BCUT2D eigenvalue weighted by Crippen LogP contribution is 2.28. The van der Waals surface area contributed by atoms with Gasteiger partial charge < -0.3 is 5.32 Å². The predicted molar refractivity (Wildman–Crippen MR) is 75.8 cm³/mol. The molecule has 0 saturated carbocycles. The van der Waals surface area contributed by atoms with Crippen LogP contribution in [0.3, 0.4) is 0 Å². The van der Waals surface area contributed by atoms with E-state index in [9.17, 15) is 9.18 Å². The van der Waals surface area contributed by atoms with Crippen molar-refractivity contribution in [3.05, 3.63) is 57.6 Å². The Morgan fingerprint density at radius 1 is 1.32 bits per heavy atom. The van der Waals surface area contributed by atoms with Crippen molar-refractivity contribution in [2.45, 2.75) is 13.8 Å². The van der Waals surface area contributed by atoms with Crippen molar-refractivity contribution in [1.82, 2.24) is 4.98 Å². The molecule has 2 rings (SSSR count). The van der Waals surface area contributed by atoms with Crippen molar-refractivity contribution in [3.63, 3.8) is 0 Å². The van der Waals surface area contributed by atoms with Gasteiger partial charge in [0.25, 0.3) is 5.91 Å². The van der Waals surface area contributed by atoms with E-state index in [1.54, 1.807) is 0 Å². The van der Waals surface area contributed by atoms with Gasteiger partial charge in [-0.3, -0.25) is 4.79 Å². The molecule has 1 heterocycles. The summed E-state index contributed by atoms with van der Waals surface area (Å²) in [6, 6.07) is 6.45. The van der Waals surface area contributed by atoms with E-state index in [0.717, 1.165) is 21.7 Å². The fourth-order valence-corrected chi connectivity index (χ4v) is 2.58. The molecular formula is C14H12BrFN2O. The Morgan fingerprint density at radius 3 is 2.68 bits per heavy atom. The highest BCUT2D eigenvalue weighted by molar-refractivity contribution is 9.10. The molecule has 3 nitrogen and oxygen atoms in total. The normalized spacial score (nSPS) is 10.3. The van der Waals surface area contributed by atoms with Crippen molar-refractivity contribution in [1.29, 1.82) is 0 Å². The van der Waals surface area contributed by atoms with E-state index < -0.39 is 5.95 Å². The van der Waals surface area contributed by atoms with Crippen LogP contribution in [-0.2, 0) is 0 Å². The molecule has 0 aliphatic carbocycles. The number of benzene rings is 1. The van der Waals surface area contributed by atoms with Gasteiger partial charge in [0.15, 0.2) is 0 Å². The average Bonchev–Trinajstić information content (AvgIpc) is 2.33. The third kappa shape index (κ3) is 3.17. The van der Waals surface area contributed by atoms with Crippen LogP contribution in [0.15, 0.2) is 34.9 Å². The van der Waals surface area contributed by atoms with Crippen LogP contribution < -0.4 is 5.32 Å². The fourth-order valence-electron chi connectivity index (χ4n) is 1.80. The molecule has 98 valence electrons. The maximum absolute atomic E-state index is 13.0. The average molecular weight is 323 g/mol. The Bertz CT molecular complexity index is 620. The first kappa shape index (κ1) is 13.7. The number of rotatable bonds is 2. The molecule has 0 fully saturated rings. The molecule has 0 atom stereocenters. The predicted octanol–water partition coefficient (Wildman–Crippen LogP) is 3.85. The quantitative estimate of drug-likeness (QED) is 0.853. The van der Waals surface area contributed by atoms with Crippen LogP contribution in [0.2, 0.25) is 0 Å². The molecule has 0 bridgehead atoms. The highest BCUT2D eigenvalue weighted by atomic mass is 79.9. The lowest BCUT2D eigenvalue weighted by molar-refractivity contribution is 0.102. The number of nitrogens with one attached hydrogen (secondary N) is 1. The number of nitrogens with zero attached hydrogens (tertiary/aromatic N) is 1. The van der Waals surface area contributed by atoms with Crippen molar-refractivity contribution >= 4 is 27.5 Å². The minimum atomic E-state index is -0.674. The molecule has 1 aromatic carbocycles. The molecule has 1 aromatic heterocycles.